The van der Waals surface area contributed by atoms with E-state index in [4.69, 9.17) is 0 Å². The summed E-state index contributed by atoms with van der Waals surface area (Å²) in [7, 11) is 0. The van der Waals surface area contributed by atoms with E-state index in [1.165, 1.54) is 18.4 Å². The third-order valence-electron chi connectivity index (χ3n) is 7.95. The minimum Gasteiger partial charge on any atom is -0.393 e. The predicted octanol–water partition coefficient (Wildman–Crippen LogP) is 4.21. The van der Waals surface area contributed by atoms with E-state index in [2.05, 4.69) is 20.8 Å². The number of allylic oxidation sites excluding steroid dienone is 1. The molecule has 4 rings (SSSR count). The van der Waals surface area contributed by atoms with E-state index in [0.717, 1.165) is 44.9 Å². The third-order valence-corrected chi connectivity index (χ3v) is 7.95. The van der Waals surface area contributed by atoms with E-state index in [-0.39, 0.29) is 16.9 Å². The van der Waals surface area contributed by atoms with Gasteiger partial charge in [0.1, 0.15) is 0 Å². The van der Waals surface area contributed by atoms with Gasteiger partial charge in [0.15, 0.2) is 0 Å². The fraction of sp³-hybridized carbons (Fsp3) is 0.900. The smallest absolute Gasteiger partial charge is 0.0864 e. The average Bonchev–Trinajstić information content (AvgIpc) is 2.73. The van der Waals surface area contributed by atoms with Crippen LogP contribution < -0.4 is 0 Å². The molecule has 0 radical (unpaired) electrons. The summed E-state index contributed by atoms with van der Waals surface area (Å²) in [5.41, 5.74) is 2.80. The standard InChI is InChI=1S/C20H32O2/c1-18(2)9-4-10-20(22)12-8-13-14(17(18)20)7-11-19(3)15(13)5-6-16(19)21/h13,15-16,21-22H,4-12H2,1-3H3/t13-,15+,16+,19+,20+/m1/s1. The maximum Gasteiger partial charge on any atom is 0.0864 e. The Labute approximate surface area is 135 Å². The molecule has 0 aromatic carbocycles. The van der Waals surface area contributed by atoms with Crippen LogP contribution in [0.15, 0.2) is 11.1 Å². The topological polar surface area (TPSA) is 40.5 Å². The van der Waals surface area contributed by atoms with Crippen molar-refractivity contribution in [3.05, 3.63) is 11.1 Å². The van der Waals surface area contributed by atoms with Crippen molar-refractivity contribution >= 4 is 0 Å². The summed E-state index contributed by atoms with van der Waals surface area (Å²) < 4.78 is 0. The highest BCUT2D eigenvalue weighted by Crippen LogP contribution is 2.63. The van der Waals surface area contributed by atoms with Crippen LogP contribution in [0, 0.1) is 22.7 Å². The van der Waals surface area contributed by atoms with E-state index in [1.54, 1.807) is 5.57 Å². The zero-order chi connectivity index (χ0) is 15.8. The van der Waals surface area contributed by atoms with Crippen molar-refractivity contribution in [3.63, 3.8) is 0 Å². The van der Waals surface area contributed by atoms with Crippen molar-refractivity contribution in [2.45, 2.75) is 90.3 Å². The van der Waals surface area contributed by atoms with Gasteiger partial charge in [0, 0.05) is 0 Å². The number of fused-ring (bicyclic) bond motifs is 4. The van der Waals surface area contributed by atoms with E-state index < -0.39 is 5.60 Å². The summed E-state index contributed by atoms with van der Waals surface area (Å²) in [6, 6.07) is 0. The Morgan fingerprint density at radius 1 is 0.955 bits per heavy atom. The Kier molecular flexibility index (Phi) is 3.18. The monoisotopic (exact) mass is 304 g/mol. The Balaban J connectivity index is 1.80. The summed E-state index contributed by atoms with van der Waals surface area (Å²) in [6.07, 6.45) is 9.69. The second-order valence-electron chi connectivity index (χ2n) is 9.52. The highest BCUT2D eigenvalue weighted by atomic mass is 16.3. The molecule has 0 unspecified atom stereocenters. The first kappa shape index (κ1) is 15.2. The molecule has 22 heavy (non-hydrogen) atoms. The highest BCUT2D eigenvalue weighted by molar-refractivity contribution is 5.38. The molecule has 0 aliphatic heterocycles. The fourth-order valence-electron chi connectivity index (χ4n) is 6.86. The molecular formula is C20H32O2. The van der Waals surface area contributed by atoms with Crippen LogP contribution >= 0.6 is 0 Å². The molecular weight excluding hydrogens is 272 g/mol. The number of aliphatic hydroxyl groups excluding tert-OH is 1. The number of aliphatic hydroxyl groups is 2. The van der Waals surface area contributed by atoms with Gasteiger partial charge in [-0.15, -0.1) is 0 Å². The van der Waals surface area contributed by atoms with E-state index >= 15 is 0 Å². The fourth-order valence-corrected chi connectivity index (χ4v) is 6.86. The average molecular weight is 304 g/mol. The predicted molar refractivity (Wildman–Crippen MR) is 88.4 cm³/mol. The Hall–Kier alpha value is -0.340. The van der Waals surface area contributed by atoms with Crippen molar-refractivity contribution in [2.24, 2.45) is 22.7 Å². The molecule has 3 fully saturated rings. The van der Waals surface area contributed by atoms with Gasteiger partial charge in [-0.05, 0) is 86.0 Å². The van der Waals surface area contributed by atoms with Gasteiger partial charge < -0.3 is 10.2 Å². The quantitative estimate of drug-likeness (QED) is 0.658. The van der Waals surface area contributed by atoms with Crippen LogP contribution in [0.4, 0.5) is 0 Å². The molecule has 0 aromatic rings. The second kappa shape index (κ2) is 4.60. The lowest BCUT2D eigenvalue weighted by Crippen LogP contribution is -2.50. The van der Waals surface area contributed by atoms with Crippen LogP contribution in [0.25, 0.3) is 0 Å². The summed E-state index contributed by atoms with van der Waals surface area (Å²) in [5.74, 6) is 1.27. The number of hydrogen-bond acceptors (Lipinski definition) is 2. The largest absolute Gasteiger partial charge is 0.393 e. The molecule has 5 atom stereocenters. The normalized spacial score (nSPS) is 50.3. The summed E-state index contributed by atoms with van der Waals surface area (Å²) in [6.45, 7) is 7.02. The first-order valence-electron chi connectivity index (χ1n) is 9.42. The van der Waals surface area contributed by atoms with Gasteiger partial charge >= 0.3 is 0 Å². The molecule has 0 spiro atoms. The van der Waals surface area contributed by atoms with Gasteiger partial charge in [-0.3, -0.25) is 0 Å². The minimum absolute atomic E-state index is 0.107. The first-order valence-corrected chi connectivity index (χ1v) is 9.42. The van der Waals surface area contributed by atoms with Crippen molar-refractivity contribution in [3.8, 4) is 0 Å². The molecule has 4 aliphatic carbocycles. The van der Waals surface area contributed by atoms with Gasteiger partial charge in [-0.2, -0.15) is 0 Å². The van der Waals surface area contributed by atoms with Gasteiger partial charge in [0.05, 0.1) is 11.7 Å². The lowest BCUT2D eigenvalue weighted by Gasteiger charge is -2.55. The molecule has 2 heteroatoms. The van der Waals surface area contributed by atoms with Crippen molar-refractivity contribution < 1.29 is 10.2 Å². The van der Waals surface area contributed by atoms with Crippen molar-refractivity contribution in [1.29, 1.82) is 0 Å². The van der Waals surface area contributed by atoms with Crippen LogP contribution in [-0.4, -0.2) is 21.9 Å². The Morgan fingerprint density at radius 2 is 1.73 bits per heavy atom. The molecule has 124 valence electrons. The van der Waals surface area contributed by atoms with Gasteiger partial charge in [0.25, 0.3) is 0 Å². The van der Waals surface area contributed by atoms with Crippen molar-refractivity contribution in [2.75, 3.05) is 0 Å². The van der Waals surface area contributed by atoms with Crippen LogP contribution in [0.3, 0.4) is 0 Å². The molecule has 0 bridgehead atoms. The zero-order valence-corrected chi connectivity index (χ0v) is 14.5. The zero-order valence-electron chi connectivity index (χ0n) is 14.5. The highest BCUT2D eigenvalue weighted by Gasteiger charge is 2.57. The lowest BCUT2D eigenvalue weighted by atomic mass is 9.52. The number of rotatable bonds is 0. The van der Waals surface area contributed by atoms with E-state index in [0.29, 0.717) is 11.8 Å². The molecule has 0 saturated heterocycles. The molecule has 2 nitrogen and oxygen atoms in total. The van der Waals surface area contributed by atoms with E-state index in [1.807, 2.05) is 0 Å². The van der Waals surface area contributed by atoms with Crippen molar-refractivity contribution in [1.82, 2.24) is 0 Å². The molecule has 0 aromatic heterocycles. The maximum atomic E-state index is 11.3. The first-order chi connectivity index (χ1) is 10.3. The van der Waals surface area contributed by atoms with Gasteiger partial charge in [-0.25, -0.2) is 0 Å². The third kappa shape index (κ3) is 1.86. The molecule has 2 N–H and O–H groups in total. The lowest BCUT2D eigenvalue weighted by molar-refractivity contribution is -0.0333. The minimum atomic E-state index is -0.515. The second-order valence-corrected chi connectivity index (χ2v) is 9.52. The molecule has 3 saturated carbocycles. The van der Waals surface area contributed by atoms with Crippen LogP contribution in [0.5, 0.6) is 0 Å². The Bertz CT molecular complexity index is 520. The van der Waals surface area contributed by atoms with Gasteiger partial charge in [-0.1, -0.05) is 26.3 Å². The summed E-state index contributed by atoms with van der Waals surface area (Å²) in [5, 5.41) is 21.8. The summed E-state index contributed by atoms with van der Waals surface area (Å²) >= 11 is 0. The summed E-state index contributed by atoms with van der Waals surface area (Å²) in [4.78, 5) is 0. The maximum absolute atomic E-state index is 11.3. The van der Waals surface area contributed by atoms with Gasteiger partial charge in [0.2, 0.25) is 0 Å². The molecule has 0 amide bonds. The van der Waals surface area contributed by atoms with Crippen LogP contribution in [0.1, 0.15) is 78.6 Å². The van der Waals surface area contributed by atoms with Crippen LogP contribution in [0.2, 0.25) is 0 Å². The Morgan fingerprint density at radius 3 is 2.50 bits per heavy atom. The molecule has 4 aliphatic rings. The molecule has 0 heterocycles. The SMILES string of the molecule is CC1(C)CCC[C@]2(O)CC[C@@H]3C(=C12)CC[C@]1(C)[C@@H](O)CC[C@@H]31. The van der Waals surface area contributed by atoms with E-state index in [9.17, 15) is 10.2 Å². The van der Waals surface area contributed by atoms with Crippen LogP contribution in [-0.2, 0) is 0 Å². The number of hydrogen-bond donors (Lipinski definition) is 2.